The van der Waals surface area contributed by atoms with Gasteiger partial charge in [-0.25, -0.2) is 13.0 Å². The second kappa shape index (κ2) is 3.80. The van der Waals surface area contributed by atoms with Crippen LogP contribution in [-0.4, -0.2) is 15.9 Å². The van der Waals surface area contributed by atoms with E-state index >= 15 is 0 Å². The summed E-state index contributed by atoms with van der Waals surface area (Å²) in [4.78, 5) is -0.417. The number of methoxy groups -OCH3 is 1. The summed E-state index contributed by atoms with van der Waals surface area (Å²) in [5.74, 6) is -2.34. The number of benzene rings is 1. The lowest BCUT2D eigenvalue weighted by molar-refractivity contribution is 0.370. The molecule has 0 heterocycles. The molecule has 6 heteroatoms. The molecule has 1 atom stereocenters. The average Bonchev–Trinajstić information content (AvgIpc) is 2.02. The van der Waals surface area contributed by atoms with Crippen molar-refractivity contribution in [2.45, 2.75) is 4.90 Å². The van der Waals surface area contributed by atoms with Gasteiger partial charge in [0, 0.05) is 6.07 Å². The molecule has 0 aromatic heterocycles. The molecule has 0 saturated carbocycles. The molecule has 72 valence electrons. The summed E-state index contributed by atoms with van der Waals surface area (Å²) in [7, 11) is 1.13. The van der Waals surface area contributed by atoms with Gasteiger partial charge < -0.3 is 9.29 Å². The highest BCUT2D eigenvalue weighted by molar-refractivity contribution is 7.79. The Kier molecular flexibility index (Phi) is 2.94. The predicted octanol–water partition coefficient (Wildman–Crippen LogP) is 1.55. The van der Waals surface area contributed by atoms with Gasteiger partial charge in [0.1, 0.15) is 10.7 Å². The van der Waals surface area contributed by atoms with Crippen LogP contribution in [0.2, 0.25) is 0 Å². The van der Waals surface area contributed by atoms with E-state index < -0.39 is 33.4 Å². The summed E-state index contributed by atoms with van der Waals surface area (Å²) < 4.78 is 49.1. The van der Waals surface area contributed by atoms with Crippen molar-refractivity contribution < 1.29 is 22.3 Å². The molecule has 0 aliphatic carbocycles. The van der Waals surface area contributed by atoms with Crippen LogP contribution in [0.3, 0.4) is 0 Å². The fourth-order valence-electron chi connectivity index (χ4n) is 0.865. The molecule has 0 aliphatic rings. The molecular weight excluding hydrogens is 202 g/mol. The van der Waals surface area contributed by atoms with Gasteiger partial charge in [-0.05, 0) is 6.07 Å². The molecule has 0 fully saturated rings. The number of halogens is 2. The Morgan fingerprint density at radius 1 is 1.46 bits per heavy atom. The van der Waals surface area contributed by atoms with Crippen molar-refractivity contribution in [3.63, 3.8) is 0 Å². The number of rotatable bonds is 2. The minimum absolute atomic E-state index is 0.415. The monoisotopic (exact) mass is 208 g/mol. The molecule has 0 amide bonds. The minimum atomic E-state index is -2.47. The van der Waals surface area contributed by atoms with Gasteiger partial charge in [-0.3, -0.25) is 0 Å². The molecule has 1 N–H and O–H groups in total. The molecule has 1 rings (SSSR count). The fourth-order valence-corrected chi connectivity index (χ4v) is 1.42. The Hall–Kier alpha value is -1.01. The largest absolute Gasteiger partial charge is 0.492 e. The first-order valence-electron chi connectivity index (χ1n) is 3.20. The van der Waals surface area contributed by atoms with Gasteiger partial charge in [0.15, 0.2) is 22.6 Å². The maximum Gasteiger partial charge on any atom is 0.190 e. The van der Waals surface area contributed by atoms with E-state index in [-0.39, 0.29) is 0 Å². The number of ether oxygens (including phenoxy) is 1. The predicted molar refractivity (Wildman–Crippen MR) is 41.9 cm³/mol. The van der Waals surface area contributed by atoms with Crippen molar-refractivity contribution in [3.05, 3.63) is 23.8 Å². The van der Waals surface area contributed by atoms with E-state index in [2.05, 4.69) is 4.74 Å². The second-order valence-corrected chi connectivity index (χ2v) is 3.11. The summed E-state index contributed by atoms with van der Waals surface area (Å²) in [5.41, 5.74) is 0. The van der Waals surface area contributed by atoms with Crippen LogP contribution in [0.15, 0.2) is 17.0 Å². The van der Waals surface area contributed by atoms with Crippen LogP contribution in [0, 0.1) is 11.6 Å². The Morgan fingerprint density at radius 3 is 2.54 bits per heavy atom. The van der Waals surface area contributed by atoms with Gasteiger partial charge in [0.05, 0.1) is 7.11 Å². The molecular formula is C7H6F2O3S. The van der Waals surface area contributed by atoms with Crippen LogP contribution in [0.1, 0.15) is 0 Å². The van der Waals surface area contributed by atoms with Crippen molar-refractivity contribution in [2.75, 3.05) is 7.11 Å². The molecule has 0 saturated heterocycles. The van der Waals surface area contributed by atoms with Crippen LogP contribution >= 0.6 is 0 Å². The van der Waals surface area contributed by atoms with E-state index in [0.29, 0.717) is 6.07 Å². The van der Waals surface area contributed by atoms with Gasteiger partial charge in [-0.15, -0.1) is 0 Å². The summed E-state index contributed by atoms with van der Waals surface area (Å²) >= 11 is -2.47. The fraction of sp³-hybridized carbons (Fsp3) is 0.143. The number of hydrogen-bond donors (Lipinski definition) is 1. The molecule has 3 nitrogen and oxygen atoms in total. The van der Waals surface area contributed by atoms with Crippen molar-refractivity contribution >= 4 is 11.1 Å². The number of hydrogen-bond acceptors (Lipinski definition) is 2. The lowest BCUT2D eigenvalue weighted by Gasteiger charge is -2.05. The molecule has 1 unspecified atom stereocenters. The Morgan fingerprint density at radius 2 is 2.08 bits per heavy atom. The van der Waals surface area contributed by atoms with Gasteiger partial charge in [-0.1, -0.05) is 0 Å². The Balaban J connectivity index is 3.38. The smallest absolute Gasteiger partial charge is 0.190 e. The van der Waals surface area contributed by atoms with Gasteiger partial charge in [0.25, 0.3) is 0 Å². The summed E-state index contributed by atoms with van der Waals surface area (Å²) in [5, 5.41) is 0. The van der Waals surface area contributed by atoms with Crippen molar-refractivity contribution in [3.8, 4) is 5.75 Å². The molecule has 0 aliphatic heterocycles. The molecule has 0 radical (unpaired) electrons. The standard InChI is InChI=1S/C7H6F2O3S/c1-12-7-5(9)2-4(8)3-6(7)13(10)11/h2-3H,1H3,(H,10,11). The molecule has 0 spiro atoms. The zero-order valence-corrected chi connectivity index (χ0v) is 7.40. The highest BCUT2D eigenvalue weighted by atomic mass is 32.2. The van der Waals surface area contributed by atoms with Crippen LogP contribution in [0.5, 0.6) is 5.75 Å². The van der Waals surface area contributed by atoms with E-state index in [0.717, 1.165) is 13.2 Å². The zero-order valence-electron chi connectivity index (χ0n) is 6.58. The first kappa shape index (κ1) is 10.1. The van der Waals surface area contributed by atoms with E-state index in [9.17, 15) is 13.0 Å². The first-order chi connectivity index (χ1) is 6.06. The molecule has 0 bridgehead atoms. The van der Waals surface area contributed by atoms with E-state index in [4.69, 9.17) is 4.55 Å². The van der Waals surface area contributed by atoms with E-state index in [1.165, 1.54) is 0 Å². The van der Waals surface area contributed by atoms with Crippen LogP contribution in [-0.2, 0) is 11.1 Å². The lowest BCUT2D eigenvalue weighted by atomic mass is 10.3. The summed E-state index contributed by atoms with van der Waals surface area (Å²) in [6.07, 6.45) is 0. The quantitative estimate of drug-likeness (QED) is 0.750. The van der Waals surface area contributed by atoms with Crippen LogP contribution < -0.4 is 4.74 Å². The maximum atomic E-state index is 12.9. The zero-order chi connectivity index (χ0) is 10.0. The van der Waals surface area contributed by atoms with Gasteiger partial charge in [0.2, 0.25) is 0 Å². The lowest BCUT2D eigenvalue weighted by Crippen LogP contribution is -1.98. The third kappa shape index (κ3) is 2.02. The first-order valence-corrected chi connectivity index (χ1v) is 4.31. The average molecular weight is 208 g/mol. The molecule has 13 heavy (non-hydrogen) atoms. The molecule has 1 aromatic rings. The maximum absolute atomic E-state index is 12.9. The summed E-state index contributed by atoms with van der Waals surface area (Å²) in [6, 6.07) is 1.33. The normalized spacial score (nSPS) is 12.6. The Bertz CT molecular complexity index is 354. The third-order valence-corrected chi connectivity index (χ3v) is 2.05. The second-order valence-electron chi connectivity index (χ2n) is 2.17. The van der Waals surface area contributed by atoms with Crippen LogP contribution in [0.25, 0.3) is 0 Å². The highest BCUT2D eigenvalue weighted by Gasteiger charge is 2.15. The molecule has 1 aromatic carbocycles. The Labute approximate surface area is 75.6 Å². The van der Waals surface area contributed by atoms with E-state index in [1.807, 2.05) is 0 Å². The van der Waals surface area contributed by atoms with Crippen LogP contribution in [0.4, 0.5) is 8.78 Å². The van der Waals surface area contributed by atoms with Crippen molar-refractivity contribution in [1.29, 1.82) is 0 Å². The summed E-state index contributed by atoms with van der Waals surface area (Å²) in [6.45, 7) is 0. The van der Waals surface area contributed by atoms with Gasteiger partial charge >= 0.3 is 0 Å². The minimum Gasteiger partial charge on any atom is -0.492 e. The highest BCUT2D eigenvalue weighted by Crippen LogP contribution is 2.25. The SMILES string of the molecule is COc1c(F)cc(F)cc1S(=O)O. The van der Waals surface area contributed by atoms with E-state index in [1.54, 1.807) is 0 Å². The van der Waals surface area contributed by atoms with Crippen molar-refractivity contribution in [1.82, 2.24) is 0 Å². The topological polar surface area (TPSA) is 46.5 Å². The van der Waals surface area contributed by atoms with Crippen molar-refractivity contribution in [2.24, 2.45) is 0 Å². The third-order valence-electron chi connectivity index (χ3n) is 1.37. The van der Waals surface area contributed by atoms with Gasteiger partial charge in [-0.2, -0.15) is 0 Å².